The van der Waals surface area contributed by atoms with E-state index in [0.717, 1.165) is 49.2 Å². The van der Waals surface area contributed by atoms with E-state index in [4.69, 9.17) is 10.5 Å². The summed E-state index contributed by atoms with van der Waals surface area (Å²) in [5.74, 6) is 1.69. The zero-order chi connectivity index (χ0) is 12.1. The number of nitrogen functional groups attached to an aromatic ring is 1. The van der Waals surface area contributed by atoms with Crippen molar-refractivity contribution in [1.29, 1.82) is 0 Å². The average molecular weight is 235 g/mol. The van der Waals surface area contributed by atoms with Crippen molar-refractivity contribution >= 4 is 11.5 Å². The topological polar surface area (TPSA) is 60.2 Å². The first-order valence-electron chi connectivity index (χ1n) is 6.29. The van der Waals surface area contributed by atoms with Gasteiger partial charge in [0.2, 0.25) is 0 Å². The molecule has 1 aromatic rings. The summed E-state index contributed by atoms with van der Waals surface area (Å²) in [5.41, 5.74) is 7.61. The third-order valence-electron chi connectivity index (χ3n) is 2.97. The van der Waals surface area contributed by atoms with Crippen LogP contribution in [0.3, 0.4) is 0 Å². The van der Waals surface area contributed by atoms with Crippen molar-refractivity contribution in [3.05, 3.63) is 17.8 Å². The molecule has 0 radical (unpaired) electrons. The third-order valence-corrected chi connectivity index (χ3v) is 2.97. The van der Waals surface area contributed by atoms with Gasteiger partial charge in [0, 0.05) is 37.7 Å². The molecular formula is C13H21N3O. The summed E-state index contributed by atoms with van der Waals surface area (Å²) in [6.45, 7) is 4.60. The highest BCUT2D eigenvalue weighted by Gasteiger charge is 2.20. The number of nitrogens with one attached hydrogen (secondary N) is 1. The Kier molecular flexibility index (Phi) is 4.20. The molecule has 0 spiro atoms. The summed E-state index contributed by atoms with van der Waals surface area (Å²) in [5, 5.41) is 3.25. The van der Waals surface area contributed by atoms with Gasteiger partial charge in [0.05, 0.1) is 0 Å². The number of anilines is 2. The number of aromatic nitrogens is 1. The molecular weight excluding hydrogens is 214 g/mol. The van der Waals surface area contributed by atoms with Crippen molar-refractivity contribution in [3.63, 3.8) is 0 Å². The predicted octanol–water partition coefficient (Wildman–Crippen LogP) is 2.20. The zero-order valence-electron chi connectivity index (χ0n) is 10.4. The van der Waals surface area contributed by atoms with E-state index in [0.29, 0.717) is 0 Å². The van der Waals surface area contributed by atoms with Crippen LogP contribution in [0.1, 0.15) is 24.8 Å². The largest absolute Gasteiger partial charge is 0.398 e. The molecule has 0 atom stereocenters. The van der Waals surface area contributed by atoms with Crippen LogP contribution in [-0.4, -0.2) is 24.7 Å². The first-order chi connectivity index (χ1) is 8.25. The lowest BCUT2D eigenvalue weighted by molar-refractivity contribution is 0.124. The number of ether oxygens (including phenoxy) is 1. The van der Waals surface area contributed by atoms with Crippen molar-refractivity contribution in [2.75, 3.05) is 30.8 Å². The van der Waals surface area contributed by atoms with Crippen LogP contribution in [0.15, 0.2) is 12.3 Å². The highest BCUT2D eigenvalue weighted by molar-refractivity contribution is 5.53. The highest BCUT2D eigenvalue weighted by Crippen LogP contribution is 2.28. The van der Waals surface area contributed by atoms with E-state index >= 15 is 0 Å². The van der Waals surface area contributed by atoms with Crippen LogP contribution < -0.4 is 11.1 Å². The average Bonchev–Trinajstić information content (AvgIpc) is 3.12. The highest BCUT2D eigenvalue weighted by atomic mass is 16.5. The van der Waals surface area contributed by atoms with E-state index in [2.05, 4.69) is 10.3 Å². The fraction of sp³-hybridized carbons (Fsp3) is 0.615. The second-order valence-corrected chi connectivity index (χ2v) is 4.72. The molecule has 0 bridgehead atoms. The first kappa shape index (κ1) is 12.2. The molecule has 4 heteroatoms. The Bertz CT molecular complexity index is 364. The number of nitrogens with zero attached hydrogens (tertiary/aromatic N) is 1. The molecule has 0 aliphatic heterocycles. The van der Waals surface area contributed by atoms with E-state index < -0.39 is 0 Å². The van der Waals surface area contributed by atoms with Gasteiger partial charge in [0.25, 0.3) is 0 Å². The van der Waals surface area contributed by atoms with Gasteiger partial charge in [-0.25, -0.2) is 4.98 Å². The molecule has 0 aromatic carbocycles. The maximum absolute atomic E-state index is 5.81. The van der Waals surface area contributed by atoms with E-state index in [1.807, 2.05) is 13.0 Å². The van der Waals surface area contributed by atoms with E-state index in [1.54, 1.807) is 6.20 Å². The number of aryl methyl sites for hydroxylation is 1. The Morgan fingerprint density at radius 2 is 2.35 bits per heavy atom. The van der Waals surface area contributed by atoms with Gasteiger partial charge < -0.3 is 15.8 Å². The number of rotatable bonds is 7. The van der Waals surface area contributed by atoms with Crippen molar-refractivity contribution < 1.29 is 4.74 Å². The molecule has 4 nitrogen and oxygen atoms in total. The molecule has 3 N–H and O–H groups in total. The second kappa shape index (κ2) is 5.87. The van der Waals surface area contributed by atoms with Gasteiger partial charge in [-0.2, -0.15) is 0 Å². The van der Waals surface area contributed by atoms with Crippen molar-refractivity contribution in [3.8, 4) is 0 Å². The van der Waals surface area contributed by atoms with Crippen LogP contribution in [0.4, 0.5) is 11.5 Å². The Morgan fingerprint density at radius 1 is 1.53 bits per heavy atom. The van der Waals surface area contributed by atoms with Crippen molar-refractivity contribution in [2.45, 2.75) is 26.2 Å². The van der Waals surface area contributed by atoms with E-state index in [9.17, 15) is 0 Å². The molecule has 1 aliphatic carbocycles. The number of hydrogen-bond donors (Lipinski definition) is 2. The molecule has 1 saturated carbocycles. The van der Waals surface area contributed by atoms with Gasteiger partial charge in [-0.15, -0.1) is 0 Å². The summed E-state index contributed by atoms with van der Waals surface area (Å²) in [6, 6.07) is 1.88. The van der Waals surface area contributed by atoms with E-state index in [-0.39, 0.29) is 0 Å². The summed E-state index contributed by atoms with van der Waals surface area (Å²) in [7, 11) is 0. The lowest BCUT2D eigenvalue weighted by Gasteiger charge is -2.07. The van der Waals surface area contributed by atoms with Gasteiger partial charge in [-0.05, 0) is 37.7 Å². The standard InChI is InChI=1S/C13H21N3O/c1-10-8-16-13(7-12(10)14)15-5-2-6-17-9-11-3-4-11/h7-8,11H,2-6,9H2,1H3,(H3,14,15,16). The molecule has 94 valence electrons. The van der Waals surface area contributed by atoms with Crippen LogP contribution in [0.2, 0.25) is 0 Å². The van der Waals surface area contributed by atoms with Crippen LogP contribution in [0.25, 0.3) is 0 Å². The minimum atomic E-state index is 0.785. The van der Waals surface area contributed by atoms with Gasteiger partial charge in [0.15, 0.2) is 0 Å². The van der Waals surface area contributed by atoms with Crippen molar-refractivity contribution in [2.24, 2.45) is 5.92 Å². The quantitative estimate of drug-likeness (QED) is 0.711. The minimum absolute atomic E-state index is 0.785. The smallest absolute Gasteiger partial charge is 0.127 e. The van der Waals surface area contributed by atoms with Crippen LogP contribution in [0, 0.1) is 12.8 Å². The first-order valence-corrected chi connectivity index (χ1v) is 6.29. The van der Waals surface area contributed by atoms with Gasteiger partial charge in [0.1, 0.15) is 5.82 Å². The molecule has 0 unspecified atom stereocenters. The maximum Gasteiger partial charge on any atom is 0.127 e. The van der Waals surface area contributed by atoms with Gasteiger partial charge in [-0.3, -0.25) is 0 Å². The molecule has 1 heterocycles. The summed E-state index contributed by atoms with van der Waals surface area (Å²) in [4.78, 5) is 4.26. The zero-order valence-corrected chi connectivity index (χ0v) is 10.4. The van der Waals surface area contributed by atoms with Crippen LogP contribution in [-0.2, 0) is 4.74 Å². The third kappa shape index (κ3) is 4.23. The van der Waals surface area contributed by atoms with Gasteiger partial charge in [-0.1, -0.05) is 0 Å². The molecule has 0 saturated heterocycles. The predicted molar refractivity (Wildman–Crippen MR) is 70.0 cm³/mol. The number of hydrogen-bond acceptors (Lipinski definition) is 4. The molecule has 17 heavy (non-hydrogen) atoms. The summed E-state index contributed by atoms with van der Waals surface area (Å²) in [6.07, 6.45) is 5.50. The minimum Gasteiger partial charge on any atom is -0.398 e. The fourth-order valence-corrected chi connectivity index (χ4v) is 1.56. The van der Waals surface area contributed by atoms with Crippen LogP contribution >= 0.6 is 0 Å². The Hall–Kier alpha value is -1.29. The molecule has 1 fully saturated rings. The van der Waals surface area contributed by atoms with Crippen LogP contribution in [0.5, 0.6) is 0 Å². The number of pyridine rings is 1. The number of nitrogens with two attached hydrogens (primary N) is 1. The van der Waals surface area contributed by atoms with Crippen molar-refractivity contribution in [1.82, 2.24) is 4.98 Å². The second-order valence-electron chi connectivity index (χ2n) is 4.72. The van der Waals surface area contributed by atoms with Gasteiger partial charge >= 0.3 is 0 Å². The summed E-state index contributed by atoms with van der Waals surface area (Å²) < 4.78 is 5.55. The molecule has 1 aromatic heterocycles. The lowest BCUT2D eigenvalue weighted by atomic mass is 10.2. The van der Waals surface area contributed by atoms with E-state index in [1.165, 1.54) is 12.8 Å². The summed E-state index contributed by atoms with van der Waals surface area (Å²) >= 11 is 0. The molecule has 2 rings (SSSR count). The fourth-order valence-electron chi connectivity index (χ4n) is 1.56. The SMILES string of the molecule is Cc1cnc(NCCCOCC2CC2)cc1N. The normalized spacial score (nSPS) is 14.9. The monoisotopic (exact) mass is 235 g/mol. The molecule has 0 amide bonds. The Labute approximate surface area is 103 Å². The lowest BCUT2D eigenvalue weighted by Crippen LogP contribution is -2.08. The molecule has 1 aliphatic rings. The maximum atomic E-state index is 5.81. The Morgan fingerprint density at radius 3 is 3.06 bits per heavy atom. The Balaban J connectivity index is 1.58.